The van der Waals surface area contributed by atoms with Gasteiger partial charge in [0.2, 0.25) is 16.5 Å². The summed E-state index contributed by atoms with van der Waals surface area (Å²) in [5.41, 5.74) is 0. The second-order valence-electron chi connectivity index (χ2n) is 3.67. The number of nitrogens with zero attached hydrogens (tertiary/aromatic N) is 4. The fourth-order valence-corrected chi connectivity index (χ4v) is 3.88. The number of hydrogen-bond donors (Lipinski definition) is 0. The highest BCUT2D eigenvalue weighted by molar-refractivity contribution is 8.00. The van der Waals surface area contributed by atoms with Crippen LogP contribution in [0.5, 0.6) is 0 Å². The Morgan fingerprint density at radius 1 is 1.20 bits per heavy atom. The molecule has 80 valence electrons. The standard InChI is InChI=1S/C8H8Cl2N4S/c9-6-11-7(10)13-8(12-6)14-2-5-1-4(14)3-15-5/h4-5H,1-3H2. The molecule has 2 fully saturated rings. The zero-order chi connectivity index (χ0) is 10.4. The van der Waals surface area contributed by atoms with Crippen LogP contribution in [-0.4, -0.2) is 38.5 Å². The van der Waals surface area contributed by atoms with Gasteiger partial charge in [0.1, 0.15) is 0 Å². The molecule has 2 aliphatic rings. The van der Waals surface area contributed by atoms with Crippen molar-refractivity contribution in [1.82, 2.24) is 15.0 Å². The molecule has 0 amide bonds. The largest absolute Gasteiger partial charge is 0.336 e. The minimum absolute atomic E-state index is 0.167. The normalized spacial score (nSPS) is 28.8. The van der Waals surface area contributed by atoms with Gasteiger partial charge in [-0.15, -0.1) is 0 Å². The molecular weight excluding hydrogens is 255 g/mol. The summed E-state index contributed by atoms with van der Waals surface area (Å²) in [5.74, 6) is 1.76. The third-order valence-corrected chi connectivity index (χ3v) is 4.45. The van der Waals surface area contributed by atoms with Crippen LogP contribution in [0.15, 0.2) is 0 Å². The van der Waals surface area contributed by atoms with Gasteiger partial charge in [-0.25, -0.2) is 0 Å². The Kier molecular flexibility index (Phi) is 2.41. The smallest absolute Gasteiger partial charge is 0.231 e. The number of anilines is 1. The zero-order valence-electron chi connectivity index (χ0n) is 7.73. The molecule has 2 saturated heterocycles. The average Bonchev–Trinajstić information content (AvgIpc) is 2.76. The molecule has 1 aromatic heterocycles. The lowest BCUT2D eigenvalue weighted by molar-refractivity contribution is 0.734. The summed E-state index contributed by atoms with van der Waals surface area (Å²) in [6.45, 7) is 0.992. The number of hydrogen-bond acceptors (Lipinski definition) is 5. The van der Waals surface area contributed by atoms with Crippen molar-refractivity contribution in [3.8, 4) is 0 Å². The molecule has 2 bridgehead atoms. The molecule has 2 atom stereocenters. The molecule has 0 aromatic carbocycles. The van der Waals surface area contributed by atoms with Crippen molar-refractivity contribution in [2.45, 2.75) is 17.7 Å². The van der Waals surface area contributed by atoms with Gasteiger partial charge in [0.25, 0.3) is 0 Å². The van der Waals surface area contributed by atoms with Crippen LogP contribution in [0, 0.1) is 0 Å². The molecule has 0 saturated carbocycles. The summed E-state index contributed by atoms with van der Waals surface area (Å²) in [6, 6.07) is 0.537. The fraction of sp³-hybridized carbons (Fsp3) is 0.625. The Morgan fingerprint density at radius 2 is 1.93 bits per heavy atom. The molecule has 3 heterocycles. The Hall–Kier alpha value is -0.260. The summed E-state index contributed by atoms with van der Waals surface area (Å²) in [4.78, 5) is 14.1. The van der Waals surface area contributed by atoms with Crippen molar-refractivity contribution in [2.24, 2.45) is 0 Å². The topological polar surface area (TPSA) is 41.9 Å². The summed E-state index contributed by atoms with van der Waals surface area (Å²) in [6.07, 6.45) is 1.21. The van der Waals surface area contributed by atoms with Crippen LogP contribution in [0.2, 0.25) is 10.6 Å². The Balaban J connectivity index is 1.93. The van der Waals surface area contributed by atoms with E-state index in [1.54, 1.807) is 0 Å². The van der Waals surface area contributed by atoms with E-state index in [1.807, 2.05) is 11.8 Å². The van der Waals surface area contributed by atoms with Crippen molar-refractivity contribution >= 4 is 40.9 Å². The minimum Gasteiger partial charge on any atom is -0.336 e. The van der Waals surface area contributed by atoms with Gasteiger partial charge in [0, 0.05) is 23.6 Å². The monoisotopic (exact) mass is 262 g/mol. The predicted molar refractivity (Wildman–Crippen MR) is 61.8 cm³/mol. The number of thioether (sulfide) groups is 1. The average molecular weight is 263 g/mol. The van der Waals surface area contributed by atoms with E-state index in [0.717, 1.165) is 12.3 Å². The van der Waals surface area contributed by atoms with Gasteiger partial charge < -0.3 is 4.90 Å². The Labute approximate surface area is 101 Å². The summed E-state index contributed by atoms with van der Waals surface area (Å²) in [5, 5.41) is 1.05. The first-order chi connectivity index (χ1) is 7.22. The number of rotatable bonds is 1. The van der Waals surface area contributed by atoms with E-state index in [1.165, 1.54) is 6.42 Å². The number of aromatic nitrogens is 3. The van der Waals surface area contributed by atoms with E-state index >= 15 is 0 Å². The van der Waals surface area contributed by atoms with Crippen LogP contribution in [0.25, 0.3) is 0 Å². The van der Waals surface area contributed by atoms with Crippen molar-refractivity contribution in [2.75, 3.05) is 17.2 Å². The fourth-order valence-electron chi connectivity index (χ4n) is 2.09. The van der Waals surface area contributed by atoms with Crippen LogP contribution >= 0.6 is 35.0 Å². The molecule has 0 N–H and O–H groups in total. The summed E-state index contributed by atoms with van der Waals surface area (Å²) < 4.78 is 0. The van der Waals surface area contributed by atoms with Crippen LogP contribution in [0.1, 0.15) is 6.42 Å². The Bertz CT molecular complexity index is 382. The van der Waals surface area contributed by atoms with Crippen LogP contribution in [-0.2, 0) is 0 Å². The first kappa shape index (κ1) is 9.93. The maximum absolute atomic E-state index is 5.75. The van der Waals surface area contributed by atoms with Gasteiger partial charge in [0.15, 0.2) is 0 Å². The second kappa shape index (κ2) is 3.64. The van der Waals surface area contributed by atoms with E-state index in [0.29, 0.717) is 17.2 Å². The predicted octanol–water partition coefficient (Wildman–Crippen LogP) is 1.87. The van der Waals surface area contributed by atoms with Crippen molar-refractivity contribution in [3.05, 3.63) is 10.6 Å². The zero-order valence-corrected chi connectivity index (χ0v) is 10.1. The van der Waals surface area contributed by atoms with Gasteiger partial charge in [-0.2, -0.15) is 26.7 Å². The van der Waals surface area contributed by atoms with Crippen LogP contribution in [0.3, 0.4) is 0 Å². The van der Waals surface area contributed by atoms with Crippen molar-refractivity contribution < 1.29 is 0 Å². The van der Waals surface area contributed by atoms with Gasteiger partial charge in [-0.3, -0.25) is 0 Å². The van der Waals surface area contributed by atoms with Crippen LogP contribution in [0.4, 0.5) is 5.95 Å². The number of halogens is 2. The molecule has 3 rings (SSSR count). The minimum atomic E-state index is 0.167. The summed E-state index contributed by atoms with van der Waals surface area (Å²) >= 11 is 13.5. The van der Waals surface area contributed by atoms with E-state index < -0.39 is 0 Å². The quantitative estimate of drug-likeness (QED) is 0.773. The molecular formula is C8H8Cl2N4S. The van der Waals surface area contributed by atoms with E-state index in [9.17, 15) is 0 Å². The lowest BCUT2D eigenvalue weighted by atomic mass is 10.2. The van der Waals surface area contributed by atoms with Gasteiger partial charge in [0.05, 0.1) is 0 Å². The van der Waals surface area contributed by atoms with E-state index in [2.05, 4.69) is 19.9 Å². The lowest BCUT2D eigenvalue weighted by Crippen LogP contribution is -2.35. The van der Waals surface area contributed by atoms with Gasteiger partial charge in [-0.05, 0) is 29.6 Å². The SMILES string of the molecule is Clc1nc(Cl)nc(N2CC3CC2CS3)n1. The number of fused-ring (bicyclic) bond motifs is 2. The third-order valence-electron chi connectivity index (χ3n) is 2.73. The molecule has 1 aromatic rings. The molecule has 0 radical (unpaired) electrons. The van der Waals surface area contributed by atoms with E-state index in [-0.39, 0.29) is 10.6 Å². The summed E-state index contributed by atoms with van der Waals surface area (Å²) in [7, 11) is 0. The maximum atomic E-state index is 5.75. The highest BCUT2D eigenvalue weighted by atomic mass is 35.5. The first-order valence-electron chi connectivity index (χ1n) is 4.68. The van der Waals surface area contributed by atoms with Gasteiger partial charge >= 0.3 is 0 Å². The molecule has 15 heavy (non-hydrogen) atoms. The molecule has 2 unspecified atom stereocenters. The molecule has 2 aliphatic heterocycles. The Morgan fingerprint density at radius 3 is 2.47 bits per heavy atom. The third kappa shape index (κ3) is 1.77. The molecule has 7 heteroatoms. The van der Waals surface area contributed by atoms with Crippen molar-refractivity contribution in [1.29, 1.82) is 0 Å². The maximum Gasteiger partial charge on any atom is 0.231 e. The molecule has 4 nitrogen and oxygen atoms in total. The first-order valence-corrected chi connectivity index (χ1v) is 6.48. The second-order valence-corrected chi connectivity index (χ2v) is 5.68. The molecule has 0 aliphatic carbocycles. The van der Waals surface area contributed by atoms with Crippen LogP contribution < -0.4 is 4.90 Å². The molecule has 0 spiro atoms. The lowest BCUT2D eigenvalue weighted by Gasteiger charge is -2.26. The highest BCUT2D eigenvalue weighted by Gasteiger charge is 2.39. The van der Waals surface area contributed by atoms with Crippen molar-refractivity contribution in [3.63, 3.8) is 0 Å². The van der Waals surface area contributed by atoms with E-state index in [4.69, 9.17) is 23.2 Å². The van der Waals surface area contributed by atoms with Gasteiger partial charge in [-0.1, -0.05) is 0 Å². The highest BCUT2D eigenvalue weighted by Crippen LogP contribution is 2.39.